The Morgan fingerprint density at radius 3 is 1.90 bits per heavy atom. The van der Waals surface area contributed by atoms with Crippen molar-refractivity contribution in [1.29, 1.82) is 0 Å². The van der Waals surface area contributed by atoms with Crippen LogP contribution in [0.1, 0.15) is 27.2 Å². The third kappa shape index (κ3) is 0.876. The van der Waals surface area contributed by atoms with Crippen LogP contribution in [0.3, 0.4) is 0 Å². The molecule has 1 aliphatic carbocycles. The highest BCUT2D eigenvalue weighted by Gasteiger charge is 2.66. The van der Waals surface area contributed by atoms with Crippen LogP contribution in [-0.2, 0) is 0 Å². The van der Waals surface area contributed by atoms with Gasteiger partial charge < -0.3 is 5.11 Å². The molecule has 0 heterocycles. The van der Waals surface area contributed by atoms with E-state index in [-0.39, 0.29) is 16.9 Å². The SMILES string of the molecule is CC1(C)C(CCO)C1(C)Cl. The van der Waals surface area contributed by atoms with E-state index in [4.69, 9.17) is 16.7 Å². The van der Waals surface area contributed by atoms with Crippen molar-refractivity contribution in [3.63, 3.8) is 0 Å². The Morgan fingerprint density at radius 1 is 1.40 bits per heavy atom. The van der Waals surface area contributed by atoms with Crippen molar-refractivity contribution in [3.05, 3.63) is 0 Å². The Labute approximate surface area is 67.4 Å². The molecule has 0 saturated heterocycles. The molecule has 0 radical (unpaired) electrons. The average Bonchev–Trinajstić information content (AvgIpc) is 2.13. The maximum absolute atomic E-state index is 8.68. The first kappa shape index (κ1) is 8.35. The van der Waals surface area contributed by atoms with Gasteiger partial charge in [-0.25, -0.2) is 0 Å². The second kappa shape index (κ2) is 2.12. The van der Waals surface area contributed by atoms with Gasteiger partial charge in [-0.1, -0.05) is 13.8 Å². The van der Waals surface area contributed by atoms with E-state index in [1.807, 2.05) is 0 Å². The minimum absolute atomic E-state index is 0.0737. The average molecular weight is 163 g/mol. The molecule has 0 aromatic heterocycles. The largest absolute Gasteiger partial charge is 0.396 e. The molecular weight excluding hydrogens is 148 g/mol. The Morgan fingerprint density at radius 2 is 1.80 bits per heavy atom. The molecule has 0 aliphatic heterocycles. The topological polar surface area (TPSA) is 20.2 Å². The van der Waals surface area contributed by atoms with Crippen molar-refractivity contribution in [3.8, 4) is 0 Å². The lowest BCUT2D eigenvalue weighted by atomic mass is 10.1. The fourth-order valence-corrected chi connectivity index (χ4v) is 2.27. The van der Waals surface area contributed by atoms with Gasteiger partial charge in [0.1, 0.15) is 0 Å². The van der Waals surface area contributed by atoms with Crippen LogP contribution >= 0.6 is 11.6 Å². The first-order valence-corrected chi connectivity index (χ1v) is 4.12. The summed E-state index contributed by atoms with van der Waals surface area (Å²) in [6.45, 7) is 6.62. The summed E-state index contributed by atoms with van der Waals surface area (Å²) < 4.78 is 0. The summed E-state index contributed by atoms with van der Waals surface area (Å²) in [5.74, 6) is 0.492. The van der Waals surface area contributed by atoms with Gasteiger partial charge in [0.15, 0.2) is 0 Å². The van der Waals surface area contributed by atoms with Crippen LogP contribution in [0.4, 0.5) is 0 Å². The minimum Gasteiger partial charge on any atom is -0.396 e. The predicted octanol–water partition coefficient (Wildman–Crippen LogP) is 2.02. The van der Waals surface area contributed by atoms with Gasteiger partial charge in [0.2, 0.25) is 0 Å². The lowest BCUT2D eigenvalue weighted by Crippen LogP contribution is -2.00. The Kier molecular flexibility index (Phi) is 1.77. The highest BCUT2D eigenvalue weighted by molar-refractivity contribution is 6.26. The van der Waals surface area contributed by atoms with Gasteiger partial charge in [0.25, 0.3) is 0 Å². The van der Waals surface area contributed by atoms with Crippen LogP contribution in [-0.4, -0.2) is 16.6 Å². The van der Waals surface area contributed by atoms with Crippen molar-refractivity contribution >= 4 is 11.6 Å². The van der Waals surface area contributed by atoms with Gasteiger partial charge in [0, 0.05) is 6.61 Å². The van der Waals surface area contributed by atoms with E-state index in [1.165, 1.54) is 0 Å². The summed E-state index contributed by atoms with van der Waals surface area (Å²) >= 11 is 6.17. The summed E-state index contributed by atoms with van der Waals surface area (Å²) in [6.07, 6.45) is 0.840. The molecule has 1 saturated carbocycles. The molecule has 0 spiro atoms. The molecule has 10 heavy (non-hydrogen) atoms. The zero-order chi connectivity index (χ0) is 7.99. The predicted molar refractivity (Wildman–Crippen MR) is 43.2 cm³/mol. The van der Waals surface area contributed by atoms with Crippen molar-refractivity contribution in [1.82, 2.24) is 0 Å². The highest BCUT2D eigenvalue weighted by Crippen LogP contribution is 2.66. The molecule has 0 aromatic rings. The summed E-state index contributed by atoms with van der Waals surface area (Å²) in [4.78, 5) is -0.0737. The molecule has 1 nitrogen and oxygen atoms in total. The second-order valence-corrected chi connectivity index (χ2v) is 4.65. The number of aliphatic hydroxyl groups is 1. The number of hydrogen-bond donors (Lipinski definition) is 1. The molecule has 2 heteroatoms. The molecular formula is C8H15ClO. The van der Waals surface area contributed by atoms with Crippen LogP contribution in [0.5, 0.6) is 0 Å². The third-order valence-corrected chi connectivity index (χ3v) is 3.87. The standard InChI is InChI=1S/C8H15ClO/c1-7(2)6(4-5-10)8(7,3)9/h6,10H,4-5H2,1-3H3. The van der Waals surface area contributed by atoms with Crippen LogP contribution in [0.15, 0.2) is 0 Å². The zero-order valence-corrected chi connectivity index (χ0v) is 7.57. The Balaban J connectivity index is 2.54. The number of alkyl halides is 1. The van der Waals surface area contributed by atoms with E-state index in [1.54, 1.807) is 0 Å². The van der Waals surface area contributed by atoms with Crippen LogP contribution in [0.25, 0.3) is 0 Å². The van der Waals surface area contributed by atoms with Gasteiger partial charge in [-0.3, -0.25) is 0 Å². The van der Waals surface area contributed by atoms with Crippen molar-refractivity contribution in [2.24, 2.45) is 11.3 Å². The van der Waals surface area contributed by atoms with E-state index in [0.717, 1.165) is 6.42 Å². The third-order valence-electron chi connectivity index (χ3n) is 3.12. The van der Waals surface area contributed by atoms with Crippen molar-refractivity contribution < 1.29 is 5.11 Å². The number of halogens is 1. The minimum atomic E-state index is -0.0737. The fraction of sp³-hybridized carbons (Fsp3) is 1.00. The van der Waals surface area contributed by atoms with Gasteiger partial charge >= 0.3 is 0 Å². The van der Waals surface area contributed by atoms with Gasteiger partial charge in [-0.2, -0.15) is 0 Å². The summed E-state index contributed by atoms with van der Waals surface area (Å²) in [5.41, 5.74) is 0.220. The molecule has 1 fully saturated rings. The van der Waals surface area contributed by atoms with Crippen molar-refractivity contribution in [2.45, 2.75) is 32.1 Å². The summed E-state index contributed by atoms with van der Waals surface area (Å²) in [6, 6.07) is 0. The lowest BCUT2D eigenvalue weighted by Gasteiger charge is -2.01. The molecule has 0 amide bonds. The molecule has 0 aromatic carbocycles. The molecule has 0 bridgehead atoms. The van der Waals surface area contributed by atoms with Crippen molar-refractivity contribution in [2.75, 3.05) is 6.61 Å². The second-order valence-electron chi connectivity index (χ2n) is 3.86. The number of rotatable bonds is 2. The molecule has 1 aliphatic rings. The maximum Gasteiger partial charge on any atom is 0.0507 e. The van der Waals surface area contributed by atoms with Gasteiger partial charge in [-0.05, 0) is 24.7 Å². The lowest BCUT2D eigenvalue weighted by molar-refractivity contribution is 0.271. The molecule has 60 valence electrons. The smallest absolute Gasteiger partial charge is 0.0507 e. The number of aliphatic hydroxyl groups excluding tert-OH is 1. The Bertz CT molecular complexity index is 126. The highest BCUT2D eigenvalue weighted by atomic mass is 35.5. The van der Waals surface area contributed by atoms with E-state index in [0.29, 0.717) is 5.92 Å². The maximum atomic E-state index is 8.68. The van der Waals surface area contributed by atoms with E-state index in [2.05, 4.69) is 20.8 Å². The monoisotopic (exact) mass is 162 g/mol. The molecule has 1 rings (SSSR count). The van der Waals surface area contributed by atoms with Gasteiger partial charge in [-0.15, -0.1) is 11.6 Å². The normalized spacial score (nSPS) is 43.5. The quantitative estimate of drug-likeness (QED) is 0.616. The molecule has 2 unspecified atom stereocenters. The number of hydrogen-bond acceptors (Lipinski definition) is 1. The first-order valence-electron chi connectivity index (χ1n) is 3.74. The fourth-order valence-electron chi connectivity index (χ4n) is 1.81. The zero-order valence-electron chi connectivity index (χ0n) is 6.82. The molecule has 1 N–H and O–H groups in total. The summed E-state index contributed by atoms with van der Waals surface area (Å²) in [7, 11) is 0. The van der Waals surface area contributed by atoms with E-state index in [9.17, 15) is 0 Å². The van der Waals surface area contributed by atoms with Crippen LogP contribution in [0, 0.1) is 11.3 Å². The first-order chi connectivity index (χ1) is 4.44. The van der Waals surface area contributed by atoms with Crippen LogP contribution < -0.4 is 0 Å². The molecule has 2 atom stereocenters. The Hall–Kier alpha value is 0.250. The van der Waals surface area contributed by atoms with Crippen LogP contribution in [0.2, 0.25) is 0 Å². The van der Waals surface area contributed by atoms with E-state index >= 15 is 0 Å². The van der Waals surface area contributed by atoms with E-state index < -0.39 is 0 Å². The van der Waals surface area contributed by atoms with Gasteiger partial charge in [0.05, 0.1) is 4.87 Å². The summed E-state index contributed by atoms with van der Waals surface area (Å²) in [5, 5.41) is 8.68.